The monoisotopic (exact) mass is 423 g/mol. The van der Waals surface area contributed by atoms with Crippen LogP contribution in [0.2, 0.25) is 0 Å². The number of ketones is 1. The van der Waals surface area contributed by atoms with E-state index in [9.17, 15) is 9.59 Å². The first kappa shape index (κ1) is 21.5. The Hall–Kier alpha value is -2.70. The zero-order chi connectivity index (χ0) is 21.8. The van der Waals surface area contributed by atoms with Gasteiger partial charge in [-0.15, -0.1) is 0 Å². The minimum atomic E-state index is -0.579. The quantitative estimate of drug-likeness (QED) is 0.475. The average molecular weight is 424 g/mol. The number of fused-ring (bicyclic) bond motifs is 2. The van der Waals surface area contributed by atoms with Crippen LogP contribution in [-0.4, -0.2) is 43.1 Å². The van der Waals surface area contributed by atoms with Crippen LogP contribution < -0.4 is 0 Å². The highest BCUT2D eigenvalue weighted by Crippen LogP contribution is 2.41. The molecule has 0 aromatic heterocycles. The molecule has 31 heavy (non-hydrogen) atoms. The van der Waals surface area contributed by atoms with Crippen LogP contribution in [0.25, 0.3) is 0 Å². The highest BCUT2D eigenvalue weighted by Gasteiger charge is 2.46. The van der Waals surface area contributed by atoms with Gasteiger partial charge in [0.1, 0.15) is 6.61 Å². The lowest BCUT2D eigenvalue weighted by Gasteiger charge is -2.37. The average Bonchev–Trinajstić information content (AvgIpc) is 3.08. The number of carbonyl (C=O) groups is 2. The van der Waals surface area contributed by atoms with E-state index >= 15 is 0 Å². The van der Waals surface area contributed by atoms with Crippen molar-refractivity contribution in [3.8, 4) is 0 Å². The van der Waals surface area contributed by atoms with E-state index in [1.807, 2.05) is 59.5 Å². The molecule has 2 aliphatic rings. The van der Waals surface area contributed by atoms with Gasteiger partial charge >= 0.3 is 6.09 Å². The van der Waals surface area contributed by atoms with E-state index in [1.165, 1.54) is 0 Å². The standard InChI is InChI=1S/C25H29NO5/c1-29-24(30-2)22-11-7-6-10-21(22)23(27)18-14-19-12-13-20(15-18)26(19)25(28)31-16-17-8-4-3-5-9-17/h3-11,18-20,24H,12-16H2,1-2H3. The minimum Gasteiger partial charge on any atom is -0.445 e. The highest BCUT2D eigenvalue weighted by molar-refractivity contribution is 5.99. The Kier molecular flexibility index (Phi) is 6.68. The second-order valence-electron chi connectivity index (χ2n) is 8.26. The van der Waals surface area contributed by atoms with Gasteiger partial charge in [-0.05, 0) is 31.2 Å². The normalized spacial score (nSPS) is 22.5. The number of hydrogen-bond donors (Lipinski definition) is 0. The number of rotatable bonds is 7. The first-order valence-corrected chi connectivity index (χ1v) is 10.8. The van der Waals surface area contributed by atoms with Crippen molar-refractivity contribution in [1.82, 2.24) is 4.90 Å². The molecule has 0 radical (unpaired) electrons. The zero-order valence-corrected chi connectivity index (χ0v) is 18.0. The van der Waals surface area contributed by atoms with Crippen molar-refractivity contribution in [2.24, 2.45) is 5.92 Å². The SMILES string of the molecule is COC(OC)c1ccccc1C(=O)C1CC2CCC(C1)N2C(=O)OCc1ccccc1. The lowest BCUT2D eigenvalue weighted by Crippen LogP contribution is -2.48. The molecule has 2 aliphatic heterocycles. The second-order valence-corrected chi connectivity index (χ2v) is 8.26. The molecule has 2 atom stereocenters. The van der Waals surface area contributed by atoms with E-state index in [0.717, 1.165) is 24.0 Å². The Labute approximate surface area is 183 Å². The Morgan fingerprint density at radius 3 is 2.19 bits per heavy atom. The number of carbonyl (C=O) groups excluding carboxylic acids is 2. The number of hydrogen-bond acceptors (Lipinski definition) is 5. The lowest BCUT2D eigenvalue weighted by atomic mass is 9.83. The van der Waals surface area contributed by atoms with Crippen molar-refractivity contribution < 1.29 is 23.8 Å². The fourth-order valence-corrected chi connectivity index (χ4v) is 4.98. The summed E-state index contributed by atoms with van der Waals surface area (Å²) in [6, 6.07) is 17.2. The molecule has 6 heteroatoms. The van der Waals surface area contributed by atoms with Crippen LogP contribution in [0.4, 0.5) is 4.79 Å². The van der Waals surface area contributed by atoms with E-state index < -0.39 is 6.29 Å². The minimum absolute atomic E-state index is 0.0452. The number of nitrogens with zero attached hydrogens (tertiary/aromatic N) is 1. The van der Waals surface area contributed by atoms with Gasteiger partial charge in [0.05, 0.1) is 0 Å². The van der Waals surface area contributed by atoms with Crippen LogP contribution >= 0.6 is 0 Å². The van der Waals surface area contributed by atoms with Crippen LogP contribution in [0.15, 0.2) is 54.6 Å². The van der Waals surface area contributed by atoms with Gasteiger partial charge in [0.25, 0.3) is 0 Å². The van der Waals surface area contributed by atoms with Gasteiger partial charge < -0.3 is 19.1 Å². The van der Waals surface area contributed by atoms with Crippen LogP contribution in [0, 0.1) is 5.92 Å². The first-order valence-electron chi connectivity index (χ1n) is 10.8. The molecule has 2 saturated heterocycles. The molecule has 0 N–H and O–H groups in total. The van der Waals surface area contributed by atoms with Crippen LogP contribution in [0.5, 0.6) is 0 Å². The second kappa shape index (κ2) is 9.62. The summed E-state index contributed by atoms with van der Waals surface area (Å²) >= 11 is 0. The van der Waals surface area contributed by atoms with E-state index in [0.29, 0.717) is 18.4 Å². The fourth-order valence-electron chi connectivity index (χ4n) is 4.98. The summed E-state index contributed by atoms with van der Waals surface area (Å²) in [5.41, 5.74) is 2.35. The topological polar surface area (TPSA) is 65.1 Å². The fraction of sp³-hybridized carbons (Fsp3) is 0.440. The summed E-state index contributed by atoms with van der Waals surface area (Å²) in [4.78, 5) is 28.1. The molecule has 4 rings (SSSR count). The number of amides is 1. The van der Waals surface area contributed by atoms with E-state index in [4.69, 9.17) is 14.2 Å². The summed E-state index contributed by atoms with van der Waals surface area (Å²) in [6.45, 7) is 0.265. The molecule has 164 valence electrons. The molecule has 2 fully saturated rings. The lowest BCUT2D eigenvalue weighted by molar-refractivity contribution is -0.106. The predicted octanol–water partition coefficient (Wildman–Crippen LogP) is 4.74. The van der Waals surface area contributed by atoms with Crippen LogP contribution in [0.3, 0.4) is 0 Å². The maximum Gasteiger partial charge on any atom is 0.410 e. The Morgan fingerprint density at radius 1 is 0.935 bits per heavy atom. The number of Topliss-reactive ketones (excluding diaryl/α,β-unsaturated/α-hetero) is 1. The molecule has 2 bridgehead atoms. The van der Waals surface area contributed by atoms with E-state index in [2.05, 4.69) is 0 Å². The van der Waals surface area contributed by atoms with Crippen LogP contribution in [-0.2, 0) is 20.8 Å². The summed E-state index contributed by atoms with van der Waals surface area (Å²) in [6.07, 6.45) is 2.29. The Balaban J connectivity index is 1.43. The molecule has 0 saturated carbocycles. The van der Waals surface area contributed by atoms with Gasteiger partial charge in [0, 0.05) is 43.3 Å². The largest absolute Gasteiger partial charge is 0.445 e. The van der Waals surface area contributed by atoms with Crippen molar-refractivity contribution in [3.63, 3.8) is 0 Å². The first-order chi connectivity index (χ1) is 15.1. The number of benzene rings is 2. The van der Waals surface area contributed by atoms with Gasteiger partial charge in [-0.25, -0.2) is 4.79 Å². The number of ether oxygens (including phenoxy) is 3. The van der Waals surface area contributed by atoms with Gasteiger partial charge in [-0.2, -0.15) is 0 Å². The molecule has 2 unspecified atom stereocenters. The van der Waals surface area contributed by atoms with E-state index in [1.54, 1.807) is 14.2 Å². The van der Waals surface area contributed by atoms with Crippen molar-refractivity contribution >= 4 is 11.9 Å². The third-order valence-electron chi connectivity index (χ3n) is 6.43. The third-order valence-corrected chi connectivity index (χ3v) is 6.43. The summed E-state index contributed by atoms with van der Waals surface area (Å²) < 4.78 is 16.4. The summed E-state index contributed by atoms with van der Waals surface area (Å²) in [7, 11) is 3.13. The maximum atomic E-state index is 13.4. The molecule has 0 aliphatic carbocycles. The van der Waals surface area contributed by atoms with E-state index in [-0.39, 0.29) is 36.5 Å². The summed E-state index contributed by atoms with van der Waals surface area (Å²) in [5, 5.41) is 0. The van der Waals surface area contributed by atoms with Gasteiger partial charge in [-0.3, -0.25) is 4.79 Å². The molecule has 2 aromatic carbocycles. The van der Waals surface area contributed by atoms with Gasteiger partial charge in [-0.1, -0.05) is 54.6 Å². The van der Waals surface area contributed by atoms with Gasteiger partial charge in [0.2, 0.25) is 0 Å². The molecule has 2 aromatic rings. The van der Waals surface area contributed by atoms with Crippen molar-refractivity contribution in [2.75, 3.05) is 14.2 Å². The van der Waals surface area contributed by atoms with Crippen molar-refractivity contribution in [3.05, 3.63) is 71.3 Å². The molecule has 0 spiro atoms. The Morgan fingerprint density at radius 2 is 1.55 bits per heavy atom. The predicted molar refractivity (Wildman–Crippen MR) is 116 cm³/mol. The van der Waals surface area contributed by atoms with Crippen molar-refractivity contribution in [1.29, 1.82) is 0 Å². The van der Waals surface area contributed by atoms with Gasteiger partial charge in [0.15, 0.2) is 12.1 Å². The van der Waals surface area contributed by atoms with Crippen LogP contribution in [0.1, 0.15) is 53.5 Å². The number of piperidine rings is 1. The third kappa shape index (κ3) is 4.50. The maximum absolute atomic E-state index is 13.4. The molecule has 1 amide bonds. The molecular weight excluding hydrogens is 394 g/mol. The smallest absolute Gasteiger partial charge is 0.410 e. The van der Waals surface area contributed by atoms with Crippen molar-refractivity contribution in [2.45, 2.75) is 50.7 Å². The molecule has 6 nitrogen and oxygen atoms in total. The summed E-state index contributed by atoms with van der Waals surface area (Å²) in [5.74, 6) is -0.0184. The molecule has 2 heterocycles. The molecular formula is C25H29NO5. The highest BCUT2D eigenvalue weighted by atomic mass is 16.7. The zero-order valence-electron chi connectivity index (χ0n) is 18.0. The Bertz CT molecular complexity index is 897. The number of methoxy groups -OCH3 is 2.